The first-order valence-electron chi connectivity index (χ1n) is 5.34. The van der Waals surface area contributed by atoms with Crippen LogP contribution in [0.2, 0.25) is 0 Å². The van der Waals surface area contributed by atoms with E-state index in [9.17, 15) is 0 Å². The minimum absolute atomic E-state index is 0.849. The number of rotatable bonds is 1. The van der Waals surface area contributed by atoms with E-state index < -0.39 is 0 Å². The fraction of sp³-hybridized carbons (Fsp3) is 0.286. The fourth-order valence-electron chi connectivity index (χ4n) is 2.18. The molecule has 3 rings (SSSR count). The summed E-state index contributed by atoms with van der Waals surface area (Å²) in [7, 11) is 0. The highest BCUT2D eigenvalue weighted by molar-refractivity contribution is 5.87. The molecule has 1 fully saturated rings. The zero-order valence-corrected chi connectivity index (χ0v) is 8.46. The number of aryl methyl sites for hydroxylation is 1. The molecule has 70 valence electrons. The van der Waals surface area contributed by atoms with Crippen LogP contribution < -0.4 is 0 Å². The van der Waals surface area contributed by atoms with Crippen LogP contribution in [0, 0.1) is 6.92 Å². The molecule has 1 aliphatic rings. The predicted molar refractivity (Wildman–Crippen MR) is 60.7 cm³/mol. The molecule has 0 unspecified atom stereocenters. The molecule has 0 bridgehead atoms. The second-order valence-electron chi connectivity index (χ2n) is 4.35. The number of hydrogen-bond donors (Lipinski definition) is 0. The minimum atomic E-state index is 0.849. The highest BCUT2D eigenvalue weighted by Gasteiger charge is 2.24. The topological polar surface area (TPSA) is 0 Å². The van der Waals surface area contributed by atoms with Crippen LogP contribution in [-0.2, 0) is 0 Å². The number of fused-ring (bicyclic) bond motifs is 1. The summed E-state index contributed by atoms with van der Waals surface area (Å²) in [5.74, 6) is 0.849. The lowest BCUT2D eigenvalue weighted by atomic mass is 10.00. The van der Waals surface area contributed by atoms with E-state index in [2.05, 4.69) is 43.3 Å². The Bertz CT molecular complexity index is 478. The Morgan fingerprint density at radius 1 is 1.07 bits per heavy atom. The molecule has 2 aromatic carbocycles. The van der Waals surface area contributed by atoms with E-state index >= 15 is 0 Å². The first-order valence-corrected chi connectivity index (χ1v) is 5.34. The van der Waals surface area contributed by atoms with Crippen LogP contribution in [0.1, 0.15) is 29.9 Å². The summed E-state index contributed by atoms with van der Waals surface area (Å²) in [6.45, 7) is 2.16. The van der Waals surface area contributed by atoms with Gasteiger partial charge < -0.3 is 0 Å². The van der Waals surface area contributed by atoms with Gasteiger partial charge in [0.05, 0.1) is 0 Å². The Morgan fingerprint density at radius 2 is 1.93 bits per heavy atom. The third-order valence-corrected chi connectivity index (χ3v) is 3.09. The molecule has 0 saturated heterocycles. The van der Waals surface area contributed by atoms with Gasteiger partial charge in [-0.2, -0.15) is 0 Å². The molecule has 0 amide bonds. The average molecular weight is 182 g/mol. The van der Waals surface area contributed by atoms with Crippen molar-refractivity contribution < 1.29 is 0 Å². The average Bonchev–Trinajstić information content (AvgIpc) is 2.99. The Balaban J connectivity index is 2.30. The van der Waals surface area contributed by atoms with Gasteiger partial charge in [0.1, 0.15) is 0 Å². The molecule has 1 aliphatic carbocycles. The summed E-state index contributed by atoms with van der Waals surface area (Å²) in [5.41, 5.74) is 2.91. The van der Waals surface area contributed by atoms with Gasteiger partial charge >= 0.3 is 0 Å². The van der Waals surface area contributed by atoms with Crippen molar-refractivity contribution in [1.82, 2.24) is 0 Å². The summed E-state index contributed by atoms with van der Waals surface area (Å²) in [5, 5.41) is 2.86. The van der Waals surface area contributed by atoms with Crippen molar-refractivity contribution in [3.05, 3.63) is 47.5 Å². The molecule has 0 nitrogen and oxygen atoms in total. The molecule has 2 aromatic rings. The lowest BCUT2D eigenvalue weighted by Crippen LogP contribution is -1.83. The quantitative estimate of drug-likeness (QED) is 0.624. The Hall–Kier alpha value is -1.30. The summed E-state index contributed by atoms with van der Waals surface area (Å²) in [6.07, 6.45) is 2.76. The van der Waals surface area contributed by atoms with Gasteiger partial charge in [-0.25, -0.2) is 0 Å². The first kappa shape index (κ1) is 8.05. The maximum absolute atomic E-state index is 2.29. The third-order valence-electron chi connectivity index (χ3n) is 3.09. The van der Waals surface area contributed by atoms with Crippen molar-refractivity contribution in [2.45, 2.75) is 25.7 Å². The molecule has 0 aromatic heterocycles. The number of hydrogen-bond acceptors (Lipinski definition) is 0. The lowest BCUT2D eigenvalue weighted by molar-refractivity contribution is 1.15. The van der Waals surface area contributed by atoms with Crippen LogP contribution in [0.15, 0.2) is 36.4 Å². The van der Waals surface area contributed by atoms with Crippen molar-refractivity contribution >= 4 is 10.8 Å². The van der Waals surface area contributed by atoms with Crippen molar-refractivity contribution in [2.24, 2.45) is 0 Å². The summed E-state index contributed by atoms with van der Waals surface area (Å²) >= 11 is 0. The predicted octanol–water partition coefficient (Wildman–Crippen LogP) is 4.03. The highest BCUT2D eigenvalue weighted by atomic mass is 14.3. The van der Waals surface area contributed by atoms with Gasteiger partial charge in [0.25, 0.3) is 0 Å². The summed E-state index contributed by atoms with van der Waals surface area (Å²) in [4.78, 5) is 0. The molecule has 0 radical (unpaired) electrons. The smallest absolute Gasteiger partial charge is 0.0149 e. The van der Waals surface area contributed by atoms with Crippen LogP contribution >= 0.6 is 0 Å². The second-order valence-corrected chi connectivity index (χ2v) is 4.35. The largest absolute Gasteiger partial charge is 0.0613 e. The van der Waals surface area contributed by atoms with E-state index in [-0.39, 0.29) is 0 Å². The third kappa shape index (κ3) is 1.22. The van der Waals surface area contributed by atoms with Crippen molar-refractivity contribution in [1.29, 1.82) is 0 Å². The van der Waals surface area contributed by atoms with E-state index in [1.165, 1.54) is 29.2 Å². The Kier molecular flexibility index (Phi) is 1.63. The van der Waals surface area contributed by atoms with E-state index in [0.717, 1.165) is 5.92 Å². The SMILES string of the molecule is Cc1ccc2c(C3CC3)cccc2c1. The van der Waals surface area contributed by atoms with Crippen LogP contribution in [0.4, 0.5) is 0 Å². The molecular weight excluding hydrogens is 168 g/mol. The van der Waals surface area contributed by atoms with Crippen LogP contribution in [0.3, 0.4) is 0 Å². The van der Waals surface area contributed by atoms with Gasteiger partial charge in [-0.3, -0.25) is 0 Å². The zero-order chi connectivity index (χ0) is 9.54. The molecule has 14 heavy (non-hydrogen) atoms. The summed E-state index contributed by atoms with van der Waals surface area (Å²) < 4.78 is 0. The maximum Gasteiger partial charge on any atom is -0.0149 e. The fourth-order valence-corrected chi connectivity index (χ4v) is 2.18. The van der Waals surface area contributed by atoms with Crippen molar-refractivity contribution in [2.75, 3.05) is 0 Å². The minimum Gasteiger partial charge on any atom is -0.0613 e. The van der Waals surface area contributed by atoms with Gasteiger partial charge in [-0.1, -0.05) is 42.0 Å². The Labute approximate surface area is 84.6 Å². The van der Waals surface area contributed by atoms with Crippen LogP contribution in [0.5, 0.6) is 0 Å². The van der Waals surface area contributed by atoms with Crippen molar-refractivity contribution in [3.8, 4) is 0 Å². The molecule has 0 heterocycles. The zero-order valence-electron chi connectivity index (χ0n) is 8.46. The molecule has 0 spiro atoms. The van der Waals surface area contributed by atoms with Gasteiger partial charge in [0.2, 0.25) is 0 Å². The number of benzene rings is 2. The molecule has 0 N–H and O–H groups in total. The standard InChI is InChI=1S/C14H14/c1-10-5-8-14-12(9-10)3-2-4-13(14)11-6-7-11/h2-5,8-9,11H,6-7H2,1H3. The lowest BCUT2D eigenvalue weighted by Gasteiger charge is -2.05. The monoisotopic (exact) mass is 182 g/mol. The van der Waals surface area contributed by atoms with E-state index in [0.29, 0.717) is 0 Å². The molecule has 1 saturated carbocycles. The van der Waals surface area contributed by atoms with Gasteiger partial charge in [0.15, 0.2) is 0 Å². The van der Waals surface area contributed by atoms with Gasteiger partial charge in [-0.15, -0.1) is 0 Å². The van der Waals surface area contributed by atoms with Crippen LogP contribution in [-0.4, -0.2) is 0 Å². The normalized spacial score (nSPS) is 16.1. The van der Waals surface area contributed by atoms with E-state index in [4.69, 9.17) is 0 Å². The molecule has 0 aliphatic heterocycles. The van der Waals surface area contributed by atoms with E-state index in [1.807, 2.05) is 0 Å². The Morgan fingerprint density at radius 3 is 2.71 bits per heavy atom. The van der Waals surface area contributed by atoms with Crippen molar-refractivity contribution in [3.63, 3.8) is 0 Å². The second kappa shape index (κ2) is 2.84. The molecule has 0 heteroatoms. The van der Waals surface area contributed by atoms with Gasteiger partial charge in [0, 0.05) is 0 Å². The van der Waals surface area contributed by atoms with Gasteiger partial charge in [-0.05, 0) is 42.0 Å². The summed E-state index contributed by atoms with van der Waals surface area (Å²) in [6, 6.07) is 13.5. The molecular formula is C14H14. The molecule has 0 atom stereocenters. The van der Waals surface area contributed by atoms with Crippen LogP contribution in [0.25, 0.3) is 10.8 Å². The van der Waals surface area contributed by atoms with E-state index in [1.54, 1.807) is 5.56 Å². The maximum atomic E-state index is 2.29. The highest BCUT2D eigenvalue weighted by Crippen LogP contribution is 2.42. The first-order chi connectivity index (χ1) is 6.84.